The second kappa shape index (κ2) is 5.02. The van der Waals surface area contributed by atoms with Gasteiger partial charge in [-0.1, -0.05) is 29.8 Å². The fourth-order valence-electron chi connectivity index (χ4n) is 2.91. The molecule has 1 N–H and O–H groups in total. The first-order chi connectivity index (χ1) is 9.67. The van der Waals surface area contributed by atoms with Gasteiger partial charge in [-0.2, -0.15) is 5.26 Å². The SMILES string of the molecule is Cc1ccc2c(c1)C(Nc1cc(C#N)ccc1C)CC2. The second-order valence-corrected chi connectivity index (χ2v) is 5.58. The summed E-state index contributed by atoms with van der Waals surface area (Å²) in [6, 6.07) is 15.1. The Morgan fingerprint density at radius 1 is 1.15 bits per heavy atom. The minimum Gasteiger partial charge on any atom is -0.378 e. The van der Waals surface area contributed by atoms with Crippen LogP contribution in [0.25, 0.3) is 0 Å². The van der Waals surface area contributed by atoms with Gasteiger partial charge in [-0.15, -0.1) is 0 Å². The van der Waals surface area contributed by atoms with E-state index >= 15 is 0 Å². The standard InChI is InChI=1S/C18H18N2/c1-12-3-6-15-7-8-17(16(15)9-12)20-18-10-14(11-19)5-4-13(18)2/h3-6,9-10,17,20H,7-8H2,1-2H3. The van der Waals surface area contributed by atoms with Crippen LogP contribution in [-0.2, 0) is 6.42 Å². The van der Waals surface area contributed by atoms with E-state index in [9.17, 15) is 0 Å². The molecule has 0 heterocycles. The summed E-state index contributed by atoms with van der Waals surface area (Å²) in [6.45, 7) is 4.22. The van der Waals surface area contributed by atoms with E-state index < -0.39 is 0 Å². The van der Waals surface area contributed by atoms with Gasteiger partial charge in [0.25, 0.3) is 0 Å². The third-order valence-corrected chi connectivity index (χ3v) is 4.08. The third kappa shape index (κ3) is 2.28. The Labute approximate surface area is 120 Å². The minimum atomic E-state index is 0.359. The van der Waals surface area contributed by atoms with Crippen LogP contribution in [0.15, 0.2) is 36.4 Å². The zero-order valence-corrected chi connectivity index (χ0v) is 11.9. The van der Waals surface area contributed by atoms with Gasteiger partial charge in [0, 0.05) is 5.69 Å². The summed E-state index contributed by atoms with van der Waals surface area (Å²) in [5.74, 6) is 0. The van der Waals surface area contributed by atoms with E-state index in [-0.39, 0.29) is 0 Å². The van der Waals surface area contributed by atoms with E-state index in [1.807, 2.05) is 18.2 Å². The van der Waals surface area contributed by atoms with Crippen molar-refractivity contribution in [3.8, 4) is 6.07 Å². The highest BCUT2D eigenvalue weighted by Crippen LogP contribution is 2.35. The third-order valence-electron chi connectivity index (χ3n) is 4.08. The molecule has 2 aromatic carbocycles. The first-order valence-electron chi connectivity index (χ1n) is 7.04. The molecule has 0 fully saturated rings. The number of benzene rings is 2. The van der Waals surface area contributed by atoms with Crippen LogP contribution in [0.3, 0.4) is 0 Å². The van der Waals surface area contributed by atoms with Gasteiger partial charge >= 0.3 is 0 Å². The predicted octanol–water partition coefficient (Wildman–Crippen LogP) is 4.27. The maximum Gasteiger partial charge on any atom is 0.0992 e. The lowest BCUT2D eigenvalue weighted by molar-refractivity contribution is 0.761. The molecule has 2 heteroatoms. The molecule has 0 radical (unpaired) electrons. The molecule has 1 aliphatic carbocycles. The predicted molar refractivity (Wildman–Crippen MR) is 81.8 cm³/mol. The van der Waals surface area contributed by atoms with Crippen LogP contribution >= 0.6 is 0 Å². The summed E-state index contributed by atoms with van der Waals surface area (Å²) < 4.78 is 0. The number of nitriles is 1. The number of nitrogens with one attached hydrogen (secondary N) is 1. The zero-order valence-electron chi connectivity index (χ0n) is 11.9. The van der Waals surface area contributed by atoms with Gasteiger partial charge in [-0.05, 0) is 55.5 Å². The lowest BCUT2D eigenvalue weighted by Crippen LogP contribution is -2.08. The van der Waals surface area contributed by atoms with Crippen molar-refractivity contribution in [1.82, 2.24) is 0 Å². The van der Waals surface area contributed by atoms with Gasteiger partial charge in [0.15, 0.2) is 0 Å². The first kappa shape index (κ1) is 12.7. The Bertz CT molecular complexity index is 695. The van der Waals surface area contributed by atoms with Crippen LogP contribution in [0, 0.1) is 25.2 Å². The summed E-state index contributed by atoms with van der Waals surface area (Å²) in [4.78, 5) is 0. The van der Waals surface area contributed by atoms with Gasteiger partial charge in [0.05, 0.1) is 17.7 Å². The van der Waals surface area contributed by atoms with Gasteiger partial charge < -0.3 is 5.32 Å². The number of anilines is 1. The van der Waals surface area contributed by atoms with Crippen LogP contribution in [0.5, 0.6) is 0 Å². The lowest BCUT2D eigenvalue weighted by atomic mass is 10.0. The van der Waals surface area contributed by atoms with E-state index in [0.29, 0.717) is 11.6 Å². The fourth-order valence-corrected chi connectivity index (χ4v) is 2.91. The van der Waals surface area contributed by atoms with Gasteiger partial charge in [0.1, 0.15) is 0 Å². The summed E-state index contributed by atoms with van der Waals surface area (Å²) >= 11 is 0. The highest BCUT2D eigenvalue weighted by atomic mass is 14.9. The van der Waals surface area contributed by atoms with E-state index in [1.54, 1.807) is 0 Å². The molecule has 0 saturated heterocycles. The Morgan fingerprint density at radius 3 is 2.80 bits per heavy atom. The largest absolute Gasteiger partial charge is 0.378 e. The smallest absolute Gasteiger partial charge is 0.0992 e. The van der Waals surface area contributed by atoms with Crippen LogP contribution in [0.4, 0.5) is 5.69 Å². The van der Waals surface area contributed by atoms with Crippen molar-refractivity contribution in [1.29, 1.82) is 5.26 Å². The van der Waals surface area contributed by atoms with E-state index in [0.717, 1.165) is 18.5 Å². The van der Waals surface area contributed by atoms with E-state index in [1.165, 1.54) is 22.3 Å². The van der Waals surface area contributed by atoms with Gasteiger partial charge in [-0.25, -0.2) is 0 Å². The van der Waals surface area contributed by atoms with Crippen molar-refractivity contribution in [2.45, 2.75) is 32.7 Å². The topological polar surface area (TPSA) is 35.8 Å². The van der Waals surface area contributed by atoms with E-state index in [4.69, 9.17) is 5.26 Å². The summed E-state index contributed by atoms with van der Waals surface area (Å²) in [5.41, 5.74) is 7.13. The maximum atomic E-state index is 9.03. The van der Waals surface area contributed by atoms with Crippen LogP contribution in [-0.4, -0.2) is 0 Å². The summed E-state index contributed by atoms with van der Waals surface area (Å²) in [5, 5.41) is 12.6. The normalized spacial score (nSPS) is 16.6. The number of hydrogen-bond donors (Lipinski definition) is 1. The van der Waals surface area contributed by atoms with Crippen LogP contribution in [0.1, 0.15) is 40.3 Å². The molecular formula is C18H18N2. The van der Waals surface area contributed by atoms with Crippen molar-refractivity contribution < 1.29 is 0 Å². The lowest BCUT2D eigenvalue weighted by Gasteiger charge is -2.18. The number of rotatable bonds is 2. The van der Waals surface area contributed by atoms with Crippen molar-refractivity contribution >= 4 is 5.69 Å². The number of hydrogen-bond acceptors (Lipinski definition) is 2. The van der Waals surface area contributed by atoms with Crippen molar-refractivity contribution in [3.63, 3.8) is 0 Å². The van der Waals surface area contributed by atoms with Crippen molar-refractivity contribution in [2.24, 2.45) is 0 Å². The Hall–Kier alpha value is -2.27. The number of aryl methyl sites for hydroxylation is 3. The number of nitrogens with zero attached hydrogens (tertiary/aromatic N) is 1. The molecule has 20 heavy (non-hydrogen) atoms. The molecule has 0 bridgehead atoms. The molecule has 100 valence electrons. The average Bonchev–Trinajstić information content (AvgIpc) is 2.84. The van der Waals surface area contributed by atoms with E-state index in [2.05, 4.69) is 43.4 Å². The molecule has 0 amide bonds. The van der Waals surface area contributed by atoms with Gasteiger partial charge in [-0.3, -0.25) is 0 Å². The highest BCUT2D eigenvalue weighted by Gasteiger charge is 2.22. The first-order valence-corrected chi connectivity index (χ1v) is 7.04. The van der Waals surface area contributed by atoms with Crippen LogP contribution in [0.2, 0.25) is 0 Å². The molecular weight excluding hydrogens is 244 g/mol. The molecule has 0 spiro atoms. The Kier molecular flexibility index (Phi) is 3.20. The molecule has 0 aromatic heterocycles. The molecule has 0 aliphatic heterocycles. The molecule has 0 saturated carbocycles. The zero-order chi connectivity index (χ0) is 14.1. The minimum absolute atomic E-state index is 0.359. The Balaban J connectivity index is 1.91. The molecule has 2 aromatic rings. The fraction of sp³-hybridized carbons (Fsp3) is 0.278. The monoisotopic (exact) mass is 262 g/mol. The molecule has 1 aliphatic rings. The van der Waals surface area contributed by atoms with Gasteiger partial charge in [0.2, 0.25) is 0 Å². The van der Waals surface area contributed by atoms with Crippen molar-refractivity contribution in [2.75, 3.05) is 5.32 Å². The molecule has 1 unspecified atom stereocenters. The molecule has 3 rings (SSSR count). The molecule has 2 nitrogen and oxygen atoms in total. The highest BCUT2D eigenvalue weighted by molar-refractivity contribution is 5.57. The number of fused-ring (bicyclic) bond motifs is 1. The quantitative estimate of drug-likeness (QED) is 0.877. The Morgan fingerprint density at radius 2 is 2.00 bits per heavy atom. The maximum absolute atomic E-state index is 9.03. The average molecular weight is 262 g/mol. The summed E-state index contributed by atoms with van der Waals surface area (Å²) in [6.07, 6.45) is 2.25. The second-order valence-electron chi connectivity index (χ2n) is 5.58. The summed E-state index contributed by atoms with van der Waals surface area (Å²) in [7, 11) is 0. The van der Waals surface area contributed by atoms with Crippen LogP contribution < -0.4 is 5.32 Å². The molecule has 1 atom stereocenters. The van der Waals surface area contributed by atoms with Crippen molar-refractivity contribution in [3.05, 3.63) is 64.2 Å².